The van der Waals surface area contributed by atoms with E-state index in [1.165, 1.54) is 0 Å². The lowest BCUT2D eigenvalue weighted by atomic mass is 9.75. The van der Waals surface area contributed by atoms with E-state index >= 15 is 0 Å². The third-order valence-electron chi connectivity index (χ3n) is 3.98. The summed E-state index contributed by atoms with van der Waals surface area (Å²) in [7, 11) is 0. The zero-order chi connectivity index (χ0) is 10.6. The average Bonchev–Trinajstić information content (AvgIpc) is 2.80. The number of carbonyl (C=O) groups excluding carboxylic acids is 2. The summed E-state index contributed by atoms with van der Waals surface area (Å²) in [5.41, 5.74) is -0.946. The third-order valence-corrected chi connectivity index (χ3v) is 3.98. The van der Waals surface area contributed by atoms with Crippen LogP contribution in [0, 0.1) is 28.6 Å². The highest BCUT2D eigenvalue weighted by Gasteiger charge is 2.72. The molecular weight excluding hydrogens is 198 g/mol. The topological polar surface area (TPSA) is 76.4 Å². The van der Waals surface area contributed by atoms with Gasteiger partial charge in [0.05, 0.1) is 6.07 Å². The minimum atomic E-state index is -0.946. The Kier molecular flexibility index (Phi) is 1.46. The number of hydrogen-bond acceptors (Lipinski definition) is 5. The Morgan fingerprint density at radius 1 is 1.67 bits per heavy atom. The second kappa shape index (κ2) is 2.51. The lowest BCUT2D eigenvalue weighted by Gasteiger charge is -2.26. The summed E-state index contributed by atoms with van der Waals surface area (Å²) in [5.74, 6) is -0.402. The molecule has 15 heavy (non-hydrogen) atoms. The summed E-state index contributed by atoms with van der Waals surface area (Å²) in [6, 6.07) is 2.09. The Balaban J connectivity index is 1.99. The molecule has 3 rings (SSSR count). The standard InChI is InChI=1S/C10H9NO4/c11-3-10-2-5-1-6(10)8(15-9(10)13)7(5)14-4-12/h4-8H,1-2H2. The van der Waals surface area contributed by atoms with Crippen LogP contribution in [0.5, 0.6) is 0 Å². The van der Waals surface area contributed by atoms with Crippen LogP contribution in [0.3, 0.4) is 0 Å². The summed E-state index contributed by atoms with van der Waals surface area (Å²) >= 11 is 0. The first-order valence-corrected chi connectivity index (χ1v) is 4.94. The van der Waals surface area contributed by atoms with E-state index in [9.17, 15) is 9.59 Å². The molecule has 0 aromatic heterocycles. The maximum absolute atomic E-state index is 11.6. The minimum absolute atomic E-state index is 0.0788. The van der Waals surface area contributed by atoms with Crippen molar-refractivity contribution in [2.75, 3.05) is 0 Å². The van der Waals surface area contributed by atoms with Gasteiger partial charge in [0, 0.05) is 11.8 Å². The van der Waals surface area contributed by atoms with Gasteiger partial charge in [0.1, 0.15) is 12.2 Å². The summed E-state index contributed by atoms with van der Waals surface area (Å²) in [6.45, 7) is 0.394. The minimum Gasteiger partial charge on any atom is -0.460 e. The largest absolute Gasteiger partial charge is 0.460 e. The molecule has 1 heterocycles. The van der Waals surface area contributed by atoms with E-state index in [0.29, 0.717) is 12.9 Å². The molecule has 0 aromatic rings. The number of nitrogens with zero attached hydrogens (tertiary/aromatic N) is 1. The Labute approximate surface area is 85.9 Å². The van der Waals surface area contributed by atoms with E-state index in [0.717, 1.165) is 6.42 Å². The van der Waals surface area contributed by atoms with Crippen LogP contribution in [0.2, 0.25) is 0 Å². The molecule has 2 bridgehead atoms. The van der Waals surface area contributed by atoms with Crippen molar-refractivity contribution in [3.05, 3.63) is 0 Å². The Bertz CT molecular complexity index is 387. The first-order valence-electron chi connectivity index (χ1n) is 4.94. The molecule has 0 spiro atoms. The molecule has 3 aliphatic rings. The number of hydrogen-bond donors (Lipinski definition) is 0. The smallest absolute Gasteiger partial charge is 0.327 e. The first kappa shape index (κ1) is 8.72. The van der Waals surface area contributed by atoms with Gasteiger partial charge >= 0.3 is 5.97 Å². The normalized spacial score (nSPS) is 49.9. The number of carbonyl (C=O) groups is 2. The first-order chi connectivity index (χ1) is 7.23. The van der Waals surface area contributed by atoms with Crippen molar-refractivity contribution in [2.24, 2.45) is 17.3 Å². The van der Waals surface area contributed by atoms with Crippen LogP contribution in [0.15, 0.2) is 0 Å². The van der Waals surface area contributed by atoms with Crippen molar-refractivity contribution < 1.29 is 19.1 Å². The number of esters is 1. The highest BCUT2D eigenvalue weighted by Crippen LogP contribution is 2.61. The molecule has 0 amide bonds. The zero-order valence-electron chi connectivity index (χ0n) is 7.88. The molecule has 5 nitrogen and oxygen atoms in total. The monoisotopic (exact) mass is 207 g/mol. The molecule has 0 aromatic carbocycles. The van der Waals surface area contributed by atoms with Gasteiger partial charge in [-0.3, -0.25) is 9.59 Å². The Morgan fingerprint density at radius 3 is 3.13 bits per heavy atom. The highest BCUT2D eigenvalue weighted by atomic mass is 16.6. The van der Waals surface area contributed by atoms with E-state index in [4.69, 9.17) is 14.7 Å². The molecule has 5 heteroatoms. The van der Waals surface area contributed by atoms with E-state index < -0.39 is 11.4 Å². The van der Waals surface area contributed by atoms with Crippen molar-refractivity contribution >= 4 is 12.4 Å². The maximum atomic E-state index is 11.6. The van der Waals surface area contributed by atoms with Crippen molar-refractivity contribution in [3.8, 4) is 6.07 Å². The number of ether oxygens (including phenoxy) is 2. The second-order valence-corrected chi connectivity index (χ2v) is 4.46. The van der Waals surface area contributed by atoms with Crippen LogP contribution in [-0.4, -0.2) is 24.6 Å². The van der Waals surface area contributed by atoms with Crippen LogP contribution in [0.4, 0.5) is 0 Å². The van der Waals surface area contributed by atoms with Gasteiger partial charge in [0.2, 0.25) is 0 Å². The maximum Gasteiger partial charge on any atom is 0.327 e. The quantitative estimate of drug-likeness (QED) is 0.470. The van der Waals surface area contributed by atoms with Crippen LogP contribution in [-0.2, 0) is 19.1 Å². The summed E-state index contributed by atoms with van der Waals surface area (Å²) in [4.78, 5) is 21.9. The van der Waals surface area contributed by atoms with Crippen molar-refractivity contribution in [1.82, 2.24) is 0 Å². The third kappa shape index (κ3) is 0.788. The van der Waals surface area contributed by atoms with Gasteiger partial charge in [-0.2, -0.15) is 5.26 Å². The number of nitriles is 1. The molecule has 1 saturated heterocycles. The van der Waals surface area contributed by atoms with Crippen LogP contribution < -0.4 is 0 Å². The summed E-state index contributed by atoms with van der Waals surface area (Å²) < 4.78 is 10.1. The van der Waals surface area contributed by atoms with Gasteiger partial charge in [0.25, 0.3) is 6.47 Å². The SMILES string of the molecule is N#CC12CC3CC1C(OC2=O)C3OC=O. The lowest BCUT2D eigenvalue weighted by molar-refractivity contribution is -0.152. The van der Waals surface area contributed by atoms with Gasteiger partial charge in [-0.05, 0) is 12.8 Å². The fraction of sp³-hybridized carbons (Fsp3) is 0.700. The van der Waals surface area contributed by atoms with Crippen molar-refractivity contribution in [1.29, 1.82) is 5.26 Å². The van der Waals surface area contributed by atoms with Crippen LogP contribution in [0.25, 0.3) is 0 Å². The van der Waals surface area contributed by atoms with Gasteiger partial charge in [0.15, 0.2) is 5.41 Å². The predicted octanol–water partition coefficient (Wildman–Crippen LogP) is 0.00318. The average molecular weight is 207 g/mol. The van der Waals surface area contributed by atoms with Gasteiger partial charge in [-0.1, -0.05) is 0 Å². The zero-order valence-corrected chi connectivity index (χ0v) is 7.88. The molecular formula is C10H9NO4. The van der Waals surface area contributed by atoms with E-state index in [2.05, 4.69) is 6.07 Å². The number of fused-ring (bicyclic) bond motifs is 1. The summed E-state index contributed by atoms with van der Waals surface area (Å²) in [6.07, 6.45) is 0.506. The Hall–Kier alpha value is -1.57. The number of rotatable bonds is 2. The predicted molar refractivity (Wildman–Crippen MR) is 45.1 cm³/mol. The van der Waals surface area contributed by atoms with E-state index in [1.807, 2.05) is 0 Å². The van der Waals surface area contributed by atoms with E-state index in [1.54, 1.807) is 0 Å². The van der Waals surface area contributed by atoms with Gasteiger partial charge < -0.3 is 9.47 Å². The fourth-order valence-electron chi connectivity index (χ4n) is 3.38. The molecule has 5 atom stereocenters. The van der Waals surface area contributed by atoms with Gasteiger partial charge in [-0.25, -0.2) is 0 Å². The molecule has 2 saturated carbocycles. The lowest BCUT2D eigenvalue weighted by Crippen LogP contribution is -2.38. The molecule has 0 radical (unpaired) electrons. The fourth-order valence-corrected chi connectivity index (χ4v) is 3.38. The van der Waals surface area contributed by atoms with E-state index in [-0.39, 0.29) is 24.0 Å². The van der Waals surface area contributed by atoms with Crippen molar-refractivity contribution in [3.63, 3.8) is 0 Å². The van der Waals surface area contributed by atoms with Crippen LogP contribution >= 0.6 is 0 Å². The van der Waals surface area contributed by atoms with Crippen LogP contribution in [0.1, 0.15) is 12.8 Å². The molecule has 5 unspecified atom stereocenters. The second-order valence-electron chi connectivity index (χ2n) is 4.46. The molecule has 1 aliphatic heterocycles. The highest BCUT2D eigenvalue weighted by molar-refractivity contribution is 5.84. The van der Waals surface area contributed by atoms with Crippen molar-refractivity contribution in [2.45, 2.75) is 25.0 Å². The molecule has 0 N–H and O–H groups in total. The molecule has 2 aliphatic carbocycles. The summed E-state index contributed by atoms with van der Waals surface area (Å²) in [5, 5.41) is 9.09. The van der Waals surface area contributed by atoms with Gasteiger partial charge in [-0.15, -0.1) is 0 Å². The Morgan fingerprint density at radius 2 is 2.47 bits per heavy atom. The molecule has 78 valence electrons. The molecule has 3 fully saturated rings.